The minimum absolute atomic E-state index is 0.0118. The van der Waals surface area contributed by atoms with E-state index in [0.717, 1.165) is 21.2 Å². The smallest absolute Gasteiger partial charge is 0.266 e. The lowest BCUT2D eigenvalue weighted by atomic mass is 10.1. The van der Waals surface area contributed by atoms with Crippen LogP contribution in [0.1, 0.15) is 22.3 Å². The Morgan fingerprint density at radius 2 is 1.94 bits per heavy atom. The molecule has 4 nitrogen and oxygen atoms in total. The molecule has 156 valence electrons. The number of carbonyl (C=O) groups is 1. The van der Waals surface area contributed by atoms with Gasteiger partial charge in [-0.3, -0.25) is 4.79 Å². The van der Waals surface area contributed by atoms with E-state index in [1.165, 1.54) is 0 Å². The van der Waals surface area contributed by atoms with Crippen LogP contribution in [0, 0.1) is 25.2 Å². The summed E-state index contributed by atoms with van der Waals surface area (Å²) < 4.78 is 6.56. The molecule has 0 aliphatic heterocycles. The molecule has 3 rings (SSSR count). The summed E-state index contributed by atoms with van der Waals surface area (Å²) in [5.74, 6) is 0.193. The highest BCUT2D eigenvalue weighted by atomic mass is 79.9. The van der Waals surface area contributed by atoms with Gasteiger partial charge in [-0.15, -0.1) is 0 Å². The number of amides is 1. The van der Waals surface area contributed by atoms with Crippen molar-refractivity contribution in [2.45, 2.75) is 20.5 Å². The Hall–Kier alpha value is -3.07. The van der Waals surface area contributed by atoms with Gasteiger partial charge in [0, 0.05) is 10.7 Å². The number of ether oxygens (including phenoxy) is 1. The highest BCUT2D eigenvalue weighted by Gasteiger charge is 2.11. The first-order valence-corrected chi connectivity index (χ1v) is 10.7. The van der Waals surface area contributed by atoms with E-state index in [2.05, 4.69) is 21.2 Å². The summed E-state index contributed by atoms with van der Waals surface area (Å²) >= 11 is 9.49. The van der Waals surface area contributed by atoms with Gasteiger partial charge in [-0.2, -0.15) is 5.26 Å². The first kappa shape index (κ1) is 22.6. The lowest BCUT2D eigenvalue weighted by Crippen LogP contribution is -2.13. The molecular weight excluding hydrogens is 476 g/mol. The fourth-order valence-corrected chi connectivity index (χ4v) is 3.57. The zero-order chi connectivity index (χ0) is 22.4. The number of benzene rings is 3. The molecule has 0 spiro atoms. The zero-order valence-corrected chi connectivity index (χ0v) is 19.4. The van der Waals surface area contributed by atoms with E-state index < -0.39 is 5.91 Å². The van der Waals surface area contributed by atoms with Crippen molar-refractivity contribution in [3.8, 4) is 11.8 Å². The maximum Gasteiger partial charge on any atom is 0.266 e. The molecule has 6 heteroatoms. The van der Waals surface area contributed by atoms with Crippen LogP contribution in [0.15, 0.2) is 70.7 Å². The second kappa shape index (κ2) is 10.3. The highest BCUT2D eigenvalue weighted by molar-refractivity contribution is 9.10. The van der Waals surface area contributed by atoms with Crippen LogP contribution in [0.25, 0.3) is 6.08 Å². The van der Waals surface area contributed by atoms with Gasteiger partial charge >= 0.3 is 0 Å². The van der Waals surface area contributed by atoms with Crippen LogP contribution in [0.3, 0.4) is 0 Å². The summed E-state index contributed by atoms with van der Waals surface area (Å²) in [6.07, 6.45) is 1.54. The molecule has 0 saturated heterocycles. The van der Waals surface area contributed by atoms with Gasteiger partial charge in [-0.1, -0.05) is 35.9 Å². The number of nitrogens with zero attached hydrogens (tertiary/aromatic N) is 1. The SMILES string of the molecule is Cc1ccc(NC(=O)/C(C#N)=C/c2ccc(OCc3cccc(Cl)c3)c(Br)c2)cc1C. The van der Waals surface area contributed by atoms with Crippen LogP contribution in [0.4, 0.5) is 5.69 Å². The van der Waals surface area contributed by atoms with Crippen LogP contribution in [0.5, 0.6) is 5.75 Å². The summed E-state index contributed by atoms with van der Waals surface area (Å²) in [5.41, 5.74) is 4.53. The maximum absolute atomic E-state index is 12.5. The minimum atomic E-state index is -0.455. The van der Waals surface area contributed by atoms with Crippen molar-refractivity contribution in [3.05, 3.63) is 98.0 Å². The molecule has 0 radical (unpaired) electrons. The Kier molecular flexibility index (Phi) is 7.51. The zero-order valence-electron chi connectivity index (χ0n) is 17.1. The molecule has 0 unspecified atom stereocenters. The highest BCUT2D eigenvalue weighted by Crippen LogP contribution is 2.28. The van der Waals surface area contributed by atoms with Gasteiger partial charge in [-0.05, 0) is 94.5 Å². The molecular formula is C25H20BrClN2O2. The molecule has 3 aromatic carbocycles. The fourth-order valence-electron chi connectivity index (χ4n) is 2.84. The molecule has 3 aromatic rings. The van der Waals surface area contributed by atoms with E-state index in [0.29, 0.717) is 28.6 Å². The summed E-state index contributed by atoms with van der Waals surface area (Å²) in [5, 5.41) is 12.9. The number of rotatable bonds is 6. The summed E-state index contributed by atoms with van der Waals surface area (Å²) in [6.45, 7) is 4.34. The predicted molar refractivity (Wildman–Crippen MR) is 128 cm³/mol. The van der Waals surface area contributed by atoms with E-state index in [4.69, 9.17) is 16.3 Å². The largest absolute Gasteiger partial charge is 0.488 e. The van der Waals surface area contributed by atoms with Crippen molar-refractivity contribution in [2.75, 3.05) is 5.32 Å². The molecule has 31 heavy (non-hydrogen) atoms. The average Bonchev–Trinajstić information content (AvgIpc) is 2.74. The Labute approximate surface area is 195 Å². The number of hydrogen-bond acceptors (Lipinski definition) is 3. The van der Waals surface area contributed by atoms with Crippen molar-refractivity contribution in [1.29, 1.82) is 5.26 Å². The standard InChI is InChI=1S/C25H20BrClN2O2/c1-16-6-8-22(10-17(16)2)29-25(30)20(14-28)11-18-7-9-24(23(26)13-18)31-15-19-4-3-5-21(27)12-19/h3-13H,15H2,1-2H3,(H,29,30)/b20-11+. The van der Waals surface area contributed by atoms with Crippen LogP contribution >= 0.6 is 27.5 Å². The van der Waals surface area contributed by atoms with Crippen LogP contribution in [0.2, 0.25) is 5.02 Å². The Bertz CT molecular complexity index is 1200. The molecule has 1 amide bonds. The van der Waals surface area contributed by atoms with Crippen molar-refractivity contribution in [1.82, 2.24) is 0 Å². The van der Waals surface area contributed by atoms with Crippen LogP contribution < -0.4 is 10.1 Å². The van der Waals surface area contributed by atoms with Crippen LogP contribution in [-0.4, -0.2) is 5.91 Å². The first-order valence-electron chi connectivity index (χ1n) is 9.53. The summed E-state index contributed by atoms with van der Waals surface area (Å²) in [7, 11) is 0. The molecule has 0 aliphatic rings. The van der Waals surface area contributed by atoms with Gasteiger partial charge in [0.1, 0.15) is 24.0 Å². The number of aryl methyl sites for hydroxylation is 2. The predicted octanol–water partition coefficient (Wildman–Crippen LogP) is 6.84. The molecule has 0 fully saturated rings. The van der Waals surface area contributed by atoms with Crippen molar-refractivity contribution >= 4 is 45.2 Å². The van der Waals surface area contributed by atoms with Crippen molar-refractivity contribution < 1.29 is 9.53 Å². The third kappa shape index (κ3) is 6.21. The number of nitrogens with one attached hydrogen (secondary N) is 1. The normalized spacial score (nSPS) is 11.0. The van der Waals surface area contributed by atoms with Crippen LogP contribution in [-0.2, 0) is 11.4 Å². The van der Waals surface area contributed by atoms with E-state index in [-0.39, 0.29) is 5.57 Å². The number of hydrogen-bond donors (Lipinski definition) is 1. The molecule has 0 saturated carbocycles. The molecule has 0 bridgehead atoms. The van der Waals surface area contributed by atoms with Crippen molar-refractivity contribution in [2.24, 2.45) is 0 Å². The van der Waals surface area contributed by atoms with Gasteiger partial charge in [-0.25, -0.2) is 0 Å². The van der Waals surface area contributed by atoms with E-state index in [9.17, 15) is 10.1 Å². The third-order valence-electron chi connectivity index (χ3n) is 4.68. The van der Waals surface area contributed by atoms with E-state index in [1.54, 1.807) is 24.3 Å². The summed E-state index contributed by atoms with van der Waals surface area (Å²) in [6, 6.07) is 20.4. The molecule has 0 aliphatic carbocycles. The number of carbonyl (C=O) groups excluding carboxylic acids is 1. The quantitative estimate of drug-likeness (QED) is 0.301. The monoisotopic (exact) mass is 494 g/mol. The molecule has 0 aromatic heterocycles. The van der Waals surface area contributed by atoms with Gasteiger partial charge < -0.3 is 10.1 Å². The van der Waals surface area contributed by atoms with Gasteiger partial charge in [0.05, 0.1) is 4.47 Å². The molecule has 1 N–H and O–H groups in total. The summed E-state index contributed by atoms with van der Waals surface area (Å²) in [4.78, 5) is 12.5. The topological polar surface area (TPSA) is 62.1 Å². The lowest BCUT2D eigenvalue weighted by Gasteiger charge is -2.10. The lowest BCUT2D eigenvalue weighted by molar-refractivity contribution is -0.112. The number of halogens is 2. The van der Waals surface area contributed by atoms with E-state index in [1.807, 2.05) is 62.4 Å². The Morgan fingerprint density at radius 1 is 1.13 bits per heavy atom. The number of nitriles is 1. The maximum atomic E-state index is 12.5. The average molecular weight is 496 g/mol. The minimum Gasteiger partial charge on any atom is -0.488 e. The molecule has 0 atom stereocenters. The Morgan fingerprint density at radius 3 is 2.61 bits per heavy atom. The second-order valence-electron chi connectivity index (χ2n) is 7.03. The second-order valence-corrected chi connectivity index (χ2v) is 8.32. The van der Waals surface area contributed by atoms with Gasteiger partial charge in [0.15, 0.2) is 0 Å². The number of anilines is 1. The molecule has 0 heterocycles. The fraction of sp³-hybridized carbons (Fsp3) is 0.120. The van der Waals surface area contributed by atoms with Crippen molar-refractivity contribution in [3.63, 3.8) is 0 Å². The Balaban J connectivity index is 1.71. The third-order valence-corrected chi connectivity index (χ3v) is 5.53. The van der Waals surface area contributed by atoms with Gasteiger partial charge in [0.25, 0.3) is 5.91 Å². The first-order chi connectivity index (χ1) is 14.9. The van der Waals surface area contributed by atoms with E-state index >= 15 is 0 Å². The van der Waals surface area contributed by atoms with Gasteiger partial charge in [0.2, 0.25) is 0 Å².